The number of unbranched alkanes of at least 4 members (excludes halogenated alkanes) is 2. The van der Waals surface area contributed by atoms with Crippen LogP contribution in [0.1, 0.15) is 52.4 Å². The molecule has 1 N–H and O–H groups in total. The van der Waals surface area contributed by atoms with Gasteiger partial charge in [-0.1, -0.05) is 19.8 Å². The van der Waals surface area contributed by atoms with E-state index < -0.39 is 5.60 Å². The lowest BCUT2D eigenvalue weighted by Crippen LogP contribution is -2.22. The summed E-state index contributed by atoms with van der Waals surface area (Å²) >= 11 is 0. The number of carbonyl (C=O) groups is 1. The number of hydrogen-bond donors (Lipinski definition) is 1. The van der Waals surface area contributed by atoms with E-state index in [0.717, 1.165) is 38.5 Å². The van der Waals surface area contributed by atoms with Crippen LogP contribution in [0.4, 0.5) is 0 Å². The molecule has 0 amide bonds. The van der Waals surface area contributed by atoms with Gasteiger partial charge in [-0.05, 0) is 38.7 Å². The fraction of sp³-hybridized carbons (Fsp3) is 0.769. The fourth-order valence-corrected chi connectivity index (χ4v) is 1.77. The molecule has 3 nitrogen and oxygen atoms in total. The smallest absolute Gasteiger partial charge is 0.331 e. The first-order chi connectivity index (χ1) is 7.53. The molecule has 2 atom stereocenters. The van der Waals surface area contributed by atoms with Crippen molar-refractivity contribution in [2.75, 3.05) is 0 Å². The summed E-state index contributed by atoms with van der Waals surface area (Å²) in [6.45, 7) is 3.89. The highest BCUT2D eigenvalue weighted by atomic mass is 16.5. The van der Waals surface area contributed by atoms with E-state index in [4.69, 9.17) is 4.74 Å². The van der Waals surface area contributed by atoms with E-state index in [1.54, 1.807) is 0 Å². The van der Waals surface area contributed by atoms with Gasteiger partial charge in [0.2, 0.25) is 0 Å². The highest BCUT2D eigenvalue weighted by Crippen LogP contribution is 2.19. The van der Waals surface area contributed by atoms with Gasteiger partial charge in [0.05, 0.1) is 5.60 Å². The number of carbonyl (C=O) groups excluding carboxylic acids is 1. The third-order valence-electron chi connectivity index (χ3n) is 3.18. The first kappa shape index (κ1) is 13.2. The molecule has 0 aromatic carbocycles. The Balaban J connectivity index is 2.00. The average molecular weight is 226 g/mol. The summed E-state index contributed by atoms with van der Waals surface area (Å²) in [7, 11) is 0. The summed E-state index contributed by atoms with van der Waals surface area (Å²) in [6.07, 6.45) is 9.01. The van der Waals surface area contributed by atoms with Gasteiger partial charge in [-0.2, -0.15) is 0 Å². The lowest BCUT2D eigenvalue weighted by Gasteiger charge is -2.20. The predicted octanol–water partition coefficient (Wildman–Crippen LogP) is 2.58. The van der Waals surface area contributed by atoms with Crippen LogP contribution >= 0.6 is 0 Å². The molecule has 0 aromatic rings. The zero-order valence-corrected chi connectivity index (χ0v) is 10.2. The van der Waals surface area contributed by atoms with Crippen LogP contribution in [0.25, 0.3) is 0 Å². The van der Waals surface area contributed by atoms with Gasteiger partial charge in [0.1, 0.15) is 6.10 Å². The molecule has 0 aromatic heterocycles. The maximum atomic E-state index is 10.8. The van der Waals surface area contributed by atoms with Gasteiger partial charge in [0.25, 0.3) is 0 Å². The van der Waals surface area contributed by atoms with E-state index in [9.17, 15) is 9.90 Å². The van der Waals surface area contributed by atoms with Crippen LogP contribution in [0, 0.1) is 0 Å². The molecular weight excluding hydrogens is 204 g/mol. The monoisotopic (exact) mass is 226 g/mol. The Kier molecular flexibility index (Phi) is 5.00. The zero-order valence-electron chi connectivity index (χ0n) is 10.2. The molecule has 0 fully saturated rings. The summed E-state index contributed by atoms with van der Waals surface area (Å²) in [5.41, 5.74) is -0.514. The number of cyclic esters (lactones) is 1. The molecule has 92 valence electrons. The standard InChI is InChI=1S/C13H22O3/c1-3-13(2,15)10-6-4-5-7-11-8-9-12(14)16-11/h8-9,11,15H,3-7,10H2,1-2H3/t11-,13-/m1/s1. The van der Waals surface area contributed by atoms with E-state index in [0.29, 0.717) is 0 Å². The van der Waals surface area contributed by atoms with Crippen molar-refractivity contribution >= 4 is 5.97 Å². The Morgan fingerprint density at radius 2 is 2.19 bits per heavy atom. The molecule has 0 radical (unpaired) electrons. The SMILES string of the molecule is CC[C@@](C)(O)CCCCC[C@@H]1C=CC(=O)O1. The van der Waals surface area contributed by atoms with Gasteiger partial charge in [-0.25, -0.2) is 4.79 Å². The summed E-state index contributed by atoms with van der Waals surface area (Å²) < 4.78 is 5.03. The Labute approximate surface area is 97.5 Å². The fourth-order valence-electron chi connectivity index (χ4n) is 1.77. The van der Waals surface area contributed by atoms with Gasteiger partial charge in [0.15, 0.2) is 0 Å². The topological polar surface area (TPSA) is 46.5 Å². The Hall–Kier alpha value is -0.830. The highest BCUT2D eigenvalue weighted by molar-refractivity contribution is 5.84. The Morgan fingerprint density at radius 1 is 1.44 bits per heavy atom. The molecule has 0 bridgehead atoms. The number of aliphatic hydroxyl groups is 1. The molecule has 0 spiro atoms. The Bertz CT molecular complexity index is 256. The minimum Gasteiger partial charge on any atom is -0.455 e. The zero-order chi connectivity index (χ0) is 12.0. The molecule has 0 unspecified atom stereocenters. The molecule has 3 heteroatoms. The second-order valence-electron chi connectivity index (χ2n) is 4.78. The largest absolute Gasteiger partial charge is 0.455 e. The van der Waals surface area contributed by atoms with Crippen molar-refractivity contribution in [3.8, 4) is 0 Å². The van der Waals surface area contributed by atoms with Gasteiger partial charge in [0, 0.05) is 6.08 Å². The number of ether oxygens (including phenoxy) is 1. The van der Waals surface area contributed by atoms with Crippen LogP contribution in [0.5, 0.6) is 0 Å². The normalized spacial score (nSPS) is 23.2. The minimum atomic E-state index is -0.514. The molecule has 1 heterocycles. The Morgan fingerprint density at radius 3 is 2.75 bits per heavy atom. The summed E-state index contributed by atoms with van der Waals surface area (Å²) in [4.78, 5) is 10.8. The second-order valence-corrected chi connectivity index (χ2v) is 4.78. The van der Waals surface area contributed by atoms with Crippen LogP contribution in [0.15, 0.2) is 12.2 Å². The van der Waals surface area contributed by atoms with Gasteiger partial charge in [-0.3, -0.25) is 0 Å². The van der Waals surface area contributed by atoms with E-state index in [-0.39, 0.29) is 12.1 Å². The van der Waals surface area contributed by atoms with Crippen molar-refractivity contribution in [3.63, 3.8) is 0 Å². The number of rotatable bonds is 7. The molecule has 1 aliphatic rings. The van der Waals surface area contributed by atoms with Crippen LogP contribution in [-0.2, 0) is 9.53 Å². The molecule has 16 heavy (non-hydrogen) atoms. The van der Waals surface area contributed by atoms with Crippen LogP contribution in [-0.4, -0.2) is 22.8 Å². The van der Waals surface area contributed by atoms with Crippen LogP contribution in [0.2, 0.25) is 0 Å². The summed E-state index contributed by atoms with van der Waals surface area (Å²) in [5.74, 6) is -0.223. The van der Waals surface area contributed by atoms with Crippen LogP contribution in [0.3, 0.4) is 0 Å². The molecule has 0 aliphatic carbocycles. The van der Waals surface area contributed by atoms with Crippen molar-refractivity contribution in [3.05, 3.63) is 12.2 Å². The summed E-state index contributed by atoms with van der Waals surface area (Å²) in [5, 5.41) is 9.79. The quantitative estimate of drug-likeness (QED) is 0.536. The van der Waals surface area contributed by atoms with E-state index >= 15 is 0 Å². The maximum Gasteiger partial charge on any atom is 0.331 e. The second kappa shape index (κ2) is 6.04. The third-order valence-corrected chi connectivity index (χ3v) is 3.18. The maximum absolute atomic E-state index is 10.8. The third kappa shape index (κ3) is 4.79. The number of esters is 1. The molecule has 0 saturated heterocycles. The molecule has 1 aliphatic heterocycles. The lowest BCUT2D eigenvalue weighted by atomic mass is 9.95. The molecule has 0 saturated carbocycles. The average Bonchev–Trinajstić information content (AvgIpc) is 2.64. The lowest BCUT2D eigenvalue weighted by molar-refractivity contribution is -0.138. The first-order valence-electron chi connectivity index (χ1n) is 6.15. The van der Waals surface area contributed by atoms with Gasteiger partial charge >= 0.3 is 5.97 Å². The predicted molar refractivity (Wildman–Crippen MR) is 63.0 cm³/mol. The van der Waals surface area contributed by atoms with Gasteiger partial charge in [-0.15, -0.1) is 0 Å². The van der Waals surface area contributed by atoms with E-state index in [2.05, 4.69) is 0 Å². The van der Waals surface area contributed by atoms with Crippen molar-refractivity contribution in [1.29, 1.82) is 0 Å². The molecule has 1 rings (SSSR count). The van der Waals surface area contributed by atoms with E-state index in [1.807, 2.05) is 19.9 Å². The minimum absolute atomic E-state index is 0.0146. The molecular formula is C13H22O3. The van der Waals surface area contributed by atoms with E-state index in [1.165, 1.54) is 6.08 Å². The van der Waals surface area contributed by atoms with Crippen molar-refractivity contribution < 1.29 is 14.6 Å². The van der Waals surface area contributed by atoms with Crippen LogP contribution < -0.4 is 0 Å². The number of hydrogen-bond acceptors (Lipinski definition) is 3. The first-order valence-corrected chi connectivity index (χ1v) is 6.15. The highest BCUT2D eigenvalue weighted by Gasteiger charge is 2.17. The van der Waals surface area contributed by atoms with Crippen molar-refractivity contribution in [2.24, 2.45) is 0 Å². The van der Waals surface area contributed by atoms with Gasteiger partial charge < -0.3 is 9.84 Å². The summed E-state index contributed by atoms with van der Waals surface area (Å²) in [6, 6.07) is 0. The van der Waals surface area contributed by atoms with Crippen molar-refractivity contribution in [1.82, 2.24) is 0 Å². The van der Waals surface area contributed by atoms with Crippen molar-refractivity contribution in [2.45, 2.75) is 64.1 Å².